The van der Waals surface area contributed by atoms with Crippen molar-refractivity contribution < 1.29 is 9.13 Å². The topological polar surface area (TPSA) is 84.3 Å². The molecule has 3 aromatic rings. The van der Waals surface area contributed by atoms with Gasteiger partial charge in [-0.1, -0.05) is 0 Å². The van der Waals surface area contributed by atoms with E-state index in [1.165, 1.54) is 16.5 Å². The second-order valence-electron chi connectivity index (χ2n) is 5.31. The zero-order chi connectivity index (χ0) is 15.1. The summed E-state index contributed by atoms with van der Waals surface area (Å²) in [6.07, 6.45) is 1.73. The van der Waals surface area contributed by atoms with Gasteiger partial charge >= 0.3 is 5.69 Å². The number of hydrogen-bond acceptors (Lipinski definition) is 5. The Morgan fingerprint density at radius 1 is 1.36 bits per heavy atom. The van der Waals surface area contributed by atoms with Crippen LogP contribution >= 0.6 is 0 Å². The summed E-state index contributed by atoms with van der Waals surface area (Å²) in [6, 6.07) is 4.38. The molecule has 114 valence electrons. The van der Waals surface area contributed by atoms with E-state index in [0.29, 0.717) is 35.7 Å². The number of aromatic amines is 1. The van der Waals surface area contributed by atoms with Gasteiger partial charge in [0.2, 0.25) is 5.65 Å². The third-order valence-electron chi connectivity index (χ3n) is 3.86. The number of rotatable bonds is 2. The normalized spacial score (nSPS) is 16.4. The summed E-state index contributed by atoms with van der Waals surface area (Å²) < 4.78 is 20.1. The fourth-order valence-electron chi connectivity index (χ4n) is 2.75. The van der Waals surface area contributed by atoms with Crippen molar-refractivity contribution in [3.63, 3.8) is 0 Å². The number of halogens is 1. The first-order valence-electron chi connectivity index (χ1n) is 7.13. The minimum atomic E-state index is -0.422. The summed E-state index contributed by atoms with van der Waals surface area (Å²) in [7, 11) is 0. The lowest BCUT2D eigenvalue weighted by Gasteiger charge is -2.23. The molecule has 3 heterocycles. The highest BCUT2D eigenvalue weighted by Gasteiger charge is 2.18. The van der Waals surface area contributed by atoms with Crippen LogP contribution in [0.5, 0.6) is 0 Å². The molecule has 0 spiro atoms. The third kappa shape index (κ3) is 2.12. The van der Waals surface area contributed by atoms with Gasteiger partial charge in [-0.15, -0.1) is 5.10 Å². The first kappa shape index (κ1) is 13.2. The number of anilines is 1. The molecular weight excluding hydrogens is 289 g/mol. The molecule has 0 bridgehead atoms. The minimum absolute atomic E-state index is 0.217. The van der Waals surface area contributed by atoms with Crippen LogP contribution in [0.1, 0.15) is 12.8 Å². The predicted octanol–water partition coefficient (Wildman–Crippen LogP) is 1.30. The summed E-state index contributed by atoms with van der Waals surface area (Å²) in [6.45, 7) is 1.39. The Hall–Kier alpha value is -2.48. The standard InChI is InChI=1S/C14H14FN5O2/c15-8-1-2-10-11(7-8)20-13(18-19-14(20)21)12(17-10)16-9-3-5-22-6-4-9/h1-2,7,9H,3-6H2,(H,16,17)(H,19,21). The van der Waals surface area contributed by atoms with Crippen molar-refractivity contribution >= 4 is 22.5 Å². The van der Waals surface area contributed by atoms with Crippen molar-refractivity contribution in [2.75, 3.05) is 18.5 Å². The van der Waals surface area contributed by atoms with Crippen LogP contribution < -0.4 is 11.0 Å². The first-order valence-corrected chi connectivity index (χ1v) is 7.13. The van der Waals surface area contributed by atoms with E-state index in [0.717, 1.165) is 12.8 Å². The molecule has 2 aromatic heterocycles. The quantitative estimate of drug-likeness (QED) is 0.745. The second kappa shape index (κ2) is 5.06. The Labute approximate surface area is 124 Å². The Morgan fingerprint density at radius 3 is 3.00 bits per heavy atom. The molecule has 8 heteroatoms. The lowest BCUT2D eigenvalue weighted by molar-refractivity contribution is 0.0904. The molecule has 0 atom stereocenters. The second-order valence-corrected chi connectivity index (χ2v) is 5.31. The van der Waals surface area contributed by atoms with Gasteiger partial charge in [-0.05, 0) is 25.0 Å². The Balaban J connectivity index is 1.89. The van der Waals surface area contributed by atoms with Crippen LogP contribution in [-0.2, 0) is 4.74 Å². The van der Waals surface area contributed by atoms with Gasteiger partial charge < -0.3 is 10.1 Å². The van der Waals surface area contributed by atoms with Crippen molar-refractivity contribution in [1.29, 1.82) is 0 Å². The van der Waals surface area contributed by atoms with Gasteiger partial charge in [-0.25, -0.2) is 23.7 Å². The van der Waals surface area contributed by atoms with E-state index in [4.69, 9.17) is 4.74 Å². The number of benzene rings is 1. The molecule has 0 aliphatic carbocycles. The average Bonchev–Trinajstić information content (AvgIpc) is 2.92. The maximum absolute atomic E-state index is 13.5. The maximum Gasteiger partial charge on any atom is 0.348 e. The van der Waals surface area contributed by atoms with Crippen molar-refractivity contribution in [2.24, 2.45) is 0 Å². The lowest BCUT2D eigenvalue weighted by Crippen LogP contribution is -2.28. The number of H-pyrrole nitrogens is 1. The molecule has 0 amide bonds. The highest BCUT2D eigenvalue weighted by molar-refractivity contribution is 5.82. The largest absolute Gasteiger partial charge is 0.381 e. The van der Waals surface area contributed by atoms with E-state index in [1.807, 2.05) is 0 Å². The molecular formula is C14H14FN5O2. The van der Waals surface area contributed by atoms with Crippen LogP contribution in [0.3, 0.4) is 0 Å². The van der Waals surface area contributed by atoms with Crippen LogP contribution in [0.2, 0.25) is 0 Å². The third-order valence-corrected chi connectivity index (χ3v) is 3.86. The summed E-state index contributed by atoms with van der Waals surface area (Å²) in [5.41, 5.74) is 0.885. The lowest BCUT2D eigenvalue weighted by atomic mass is 10.1. The summed E-state index contributed by atoms with van der Waals surface area (Å²) in [4.78, 5) is 16.5. The molecule has 1 saturated heterocycles. The molecule has 2 N–H and O–H groups in total. The van der Waals surface area contributed by atoms with E-state index < -0.39 is 11.5 Å². The van der Waals surface area contributed by atoms with Crippen LogP contribution in [-0.4, -0.2) is 38.8 Å². The van der Waals surface area contributed by atoms with Crippen LogP contribution in [0, 0.1) is 5.82 Å². The van der Waals surface area contributed by atoms with Gasteiger partial charge in [-0.3, -0.25) is 0 Å². The number of ether oxygens (including phenoxy) is 1. The van der Waals surface area contributed by atoms with E-state index in [9.17, 15) is 9.18 Å². The number of nitrogens with zero attached hydrogens (tertiary/aromatic N) is 3. The molecule has 1 aromatic carbocycles. The predicted molar refractivity (Wildman–Crippen MR) is 78.5 cm³/mol. The molecule has 4 rings (SSSR count). The van der Waals surface area contributed by atoms with Crippen molar-refractivity contribution in [2.45, 2.75) is 18.9 Å². The van der Waals surface area contributed by atoms with Crippen LogP contribution in [0.25, 0.3) is 16.7 Å². The first-order chi connectivity index (χ1) is 10.7. The molecule has 0 saturated carbocycles. The number of hydrogen-bond donors (Lipinski definition) is 2. The number of aromatic nitrogens is 4. The molecule has 0 unspecified atom stereocenters. The molecule has 0 radical (unpaired) electrons. The van der Waals surface area contributed by atoms with E-state index in [2.05, 4.69) is 20.5 Å². The van der Waals surface area contributed by atoms with Gasteiger partial charge in [-0.2, -0.15) is 0 Å². The van der Waals surface area contributed by atoms with Crippen molar-refractivity contribution in [1.82, 2.24) is 19.6 Å². The molecule has 1 aliphatic rings. The molecule has 1 fully saturated rings. The van der Waals surface area contributed by atoms with Crippen molar-refractivity contribution in [3.05, 3.63) is 34.5 Å². The maximum atomic E-state index is 13.5. The smallest absolute Gasteiger partial charge is 0.348 e. The number of fused-ring (bicyclic) bond motifs is 3. The summed E-state index contributed by atoms with van der Waals surface area (Å²) >= 11 is 0. The number of nitrogens with one attached hydrogen (secondary N) is 2. The Bertz CT molecular complexity index is 897. The molecule has 22 heavy (non-hydrogen) atoms. The average molecular weight is 303 g/mol. The van der Waals surface area contributed by atoms with Gasteiger partial charge in [0, 0.05) is 25.3 Å². The SMILES string of the molecule is O=c1[nH]nc2c(NC3CCOCC3)nc3ccc(F)cc3n12. The van der Waals surface area contributed by atoms with Crippen LogP contribution in [0.4, 0.5) is 10.2 Å². The monoisotopic (exact) mass is 303 g/mol. The van der Waals surface area contributed by atoms with E-state index in [-0.39, 0.29) is 6.04 Å². The molecule has 1 aliphatic heterocycles. The summed E-state index contributed by atoms with van der Waals surface area (Å²) in [5, 5.41) is 9.72. The van der Waals surface area contributed by atoms with Gasteiger partial charge in [0.25, 0.3) is 0 Å². The zero-order valence-electron chi connectivity index (χ0n) is 11.7. The Kier molecular flexibility index (Phi) is 3.04. The van der Waals surface area contributed by atoms with Crippen molar-refractivity contribution in [3.8, 4) is 0 Å². The molecule has 7 nitrogen and oxygen atoms in total. The minimum Gasteiger partial charge on any atom is -0.381 e. The van der Waals surface area contributed by atoms with Gasteiger partial charge in [0.15, 0.2) is 5.82 Å². The fraction of sp³-hybridized carbons (Fsp3) is 0.357. The van der Waals surface area contributed by atoms with Crippen LogP contribution in [0.15, 0.2) is 23.0 Å². The van der Waals surface area contributed by atoms with E-state index >= 15 is 0 Å². The fourth-order valence-corrected chi connectivity index (χ4v) is 2.75. The summed E-state index contributed by atoms with van der Waals surface area (Å²) in [5.74, 6) is 0.0956. The highest BCUT2D eigenvalue weighted by Crippen LogP contribution is 2.21. The Morgan fingerprint density at radius 2 is 2.18 bits per heavy atom. The van der Waals surface area contributed by atoms with Gasteiger partial charge in [0.05, 0.1) is 11.0 Å². The van der Waals surface area contributed by atoms with E-state index in [1.54, 1.807) is 6.07 Å². The highest BCUT2D eigenvalue weighted by atomic mass is 19.1. The van der Waals surface area contributed by atoms with Gasteiger partial charge in [0.1, 0.15) is 5.82 Å². The zero-order valence-corrected chi connectivity index (χ0v) is 11.7.